The molecule has 1 heterocycles. The maximum atomic E-state index is 12.2. The zero-order chi connectivity index (χ0) is 19.8. The molecule has 1 saturated heterocycles. The summed E-state index contributed by atoms with van der Waals surface area (Å²) >= 11 is 1.47. The van der Waals surface area contributed by atoms with Crippen molar-refractivity contribution in [1.82, 2.24) is 0 Å². The van der Waals surface area contributed by atoms with Crippen molar-refractivity contribution < 1.29 is 9.59 Å². The van der Waals surface area contributed by atoms with Crippen molar-refractivity contribution in [2.75, 3.05) is 34.4 Å². The van der Waals surface area contributed by atoms with Crippen LogP contribution in [0.15, 0.2) is 53.4 Å². The van der Waals surface area contributed by atoms with Gasteiger partial charge in [-0.05, 0) is 61.4 Å². The van der Waals surface area contributed by atoms with Crippen molar-refractivity contribution in [3.05, 3.63) is 48.5 Å². The average molecular weight is 398 g/mol. The first-order valence-electron chi connectivity index (χ1n) is 9.75. The van der Waals surface area contributed by atoms with Crippen LogP contribution in [-0.4, -0.2) is 30.7 Å². The zero-order valence-corrected chi connectivity index (χ0v) is 17.1. The van der Waals surface area contributed by atoms with Gasteiger partial charge in [-0.2, -0.15) is 0 Å². The summed E-state index contributed by atoms with van der Waals surface area (Å²) in [7, 11) is 0. The Kier molecular flexibility index (Phi) is 7.37. The molecule has 0 atom stereocenters. The number of amides is 2. The van der Waals surface area contributed by atoms with Crippen LogP contribution in [0.4, 0.5) is 17.1 Å². The van der Waals surface area contributed by atoms with E-state index in [1.54, 1.807) is 0 Å². The number of hydrogen-bond donors (Lipinski definition) is 2. The van der Waals surface area contributed by atoms with Gasteiger partial charge in [-0.15, -0.1) is 11.8 Å². The fourth-order valence-electron chi connectivity index (χ4n) is 3.27. The van der Waals surface area contributed by atoms with Crippen LogP contribution in [0.3, 0.4) is 0 Å². The molecule has 2 amide bonds. The highest BCUT2D eigenvalue weighted by Gasteiger charge is 2.10. The van der Waals surface area contributed by atoms with Gasteiger partial charge in [-0.1, -0.05) is 12.8 Å². The maximum Gasteiger partial charge on any atom is 0.234 e. The van der Waals surface area contributed by atoms with Crippen LogP contribution in [0.1, 0.15) is 32.6 Å². The summed E-state index contributed by atoms with van der Waals surface area (Å²) in [5.74, 6) is 0.216. The van der Waals surface area contributed by atoms with E-state index < -0.39 is 0 Å². The van der Waals surface area contributed by atoms with Crippen LogP contribution < -0.4 is 15.5 Å². The number of nitrogens with zero attached hydrogens (tertiary/aromatic N) is 1. The van der Waals surface area contributed by atoms with Crippen LogP contribution in [0.2, 0.25) is 0 Å². The SMILES string of the molecule is CC(=O)Nc1ccc(SCC(=O)Nc2ccc(N3CCCCCC3)cc2)cc1. The molecule has 0 saturated carbocycles. The van der Waals surface area contributed by atoms with Crippen LogP contribution in [-0.2, 0) is 9.59 Å². The molecule has 0 radical (unpaired) electrons. The third kappa shape index (κ3) is 6.30. The van der Waals surface area contributed by atoms with Gasteiger partial charge in [-0.25, -0.2) is 0 Å². The van der Waals surface area contributed by atoms with E-state index in [0.717, 1.165) is 29.4 Å². The molecule has 0 unspecified atom stereocenters. The van der Waals surface area contributed by atoms with Crippen LogP contribution in [0.25, 0.3) is 0 Å². The van der Waals surface area contributed by atoms with Crippen LogP contribution in [0.5, 0.6) is 0 Å². The van der Waals surface area contributed by atoms with E-state index in [1.165, 1.54) is 50.1 Å². The molecule has 2 aromatic carbocycles. The fraction of sp³-hybridized carbons (Fsp3) is 0.364. The lowest BCUT2D eigenvalue weighted by molar-refractivity contribution is -0.114. The Hall–Kier alpha value is -2.47. The van der Waals surface area contributed by atoms with Gasteiger partial charge in [0.1, 0.15) is 0 Å². The minimum absolute atomic E-state index is 0.0292. The number of carbonyl (C=O) groups is 2. The first-order chi connectivity index (χ1) is 13.6. The summed E-state index contributed by atoms with van der Waals surface area (Å²) in [6, 6.07) is 15.6. The van der Waals surface area contributed by atoms with Crippen LogP contribution in [0, 0.1) is 0 Å². The lowest BCUT2D eigenvalue weighted by Gasteiger charge is -2.22. The zero-order valence-electron chi connectivity index (χ0n) is 16.2. The Balaban J connectivity index is 1.47. The van der Waals surface area contributed by atoms with E-state index >= 15 is 0 Å². The molecule has 1 fully saturated rings. The summed E-state index contributed by atoms with van der Waals surface area (Å²) in [6.07, 6.45) is 5.14. The van der Waals surface area contributed by atoms with Crippen molar-refractivity contribution in [3.63, 3.8) is 0 Å². The normalized spacial score (nSPS) is 14.2. The second-order valence-electron chi connectivity index (χ2n) is 6.99. The smallest absolute Gasteiger partial charge is 0.234 e. The first kappa shape index (κ1) is 20.3. The second-order valence-corrected chi connectivity index (χ2v) is 8.04. The Labute approximate surface area is 170 Å². The first-order valence-corrected chi connectivity index (χ1v) is 10.7. The molecule has 2 N–H and O–H groups in total. The third-order valence-electron chi connectivity index (χ3n) is 4.67. The largest absolute Gasteiger partial charge is 0.372 e. The molecule has 1 aliphatic rings. The van der Waals surface area contributed by atoms with Crippen molar-refractivity contribution in [2.45, 2.75) is 37.5 Å². The van der Waals surface area contributed by atoms with E-state index in [0.29, 0.717) is 5.75 Å². The minimum atomic E-state index is -0.0957. The molecule has 148 valence electrons. The molecular weight excluding hydrogens is 370 g/mol. The van der Waals surface area contributed by atoms with Crippen LogP contribution >= 0.6 is 11.8 Å². The Morgan fingerprint density at radius 1 is 0.857 bits per heavy atom. The van der Waals surface area contributed by atoms with E-state index in [4.69, 9.17) is 0 Å². The molecule has 0 bridgehead atoms. The van der Waals surface area contributed by atoms with Crippen molar-refractivity contribution in [2.24, 2.45) is 0 Å². The number of hydrogen-bond acceptors (Lipinski definition) is 4. The molecule has 1 aliphatic heterocycles. The molecule has 0 spiro atoms. The Bertz CT molecular complexity index is 782. The summed E-state index contributed by atoms with van der Waals surface area (Å²) in [5, 5.41) is 5.69. The predicted octanol–water partition coefficient (Wildman–Crippen LogP) is 4.76. The van der Waals surface area contributed by atoms with Gasteiger partial charge in [0.2, 0.25) is 11.8 Å². The molecule has 3 rings (SSSR count). The number of benzene rings is 2. The summed E-state index contributed by atoms with van der Waals surface area (Å²) in [4.78, 5) is 26.7. The van der Waals surface area contributed by atoms with E-state index in [-0.39, 0.29) is 11.8 Å². The molecule has 0 aliphatic carbocycles. The van der Waals surface area contributed by atoms with Crippen molar-refractivity contribution in [3.8, 4) is 0 Å². The average Bonchev–Trinajstić information content (AvgIpc) is 2.97. The lowest BCUT2D eigenvalue weighted by atomic mass is 10.2. The van der Waals surface area contributed by atoms with Crippen molar-refractivity contribution >= 4 is 40.6 Å². The quantitative estimate of drug-likeness (QED) is 0.690. The molecule has 5 nitrogen and oxygen atoms in total. The lowest BCUT2D eigenvalue weighted by Crippen LogP contribution is -2.23. The molecule has 0 aromatic heterocycles. The van der Waals surface area contributed by atoms with Gasteiger partial charge in [0, 0.05) is 42.0 Å². The second kappa shape index (κ2) is 10.2. The van der Waals surface area contributed by atoms with Gasteiger partial charge in [0.15, 0.2) is 0 Å². The maximum absolute atomic E-state index is 12.2. The highest BCUT2D eigenvalue weighted by molar-refractivity contribution is 8.00. The summed E-state index contributed by atoms with van der Waals surface area (Å²) in [5.41, 5.74) is 2.81. The van der Waals surface area contributed by atoms with Gasteiger partial charge in [0.25, 0.3) is 0 Å². The topological polar surface area (TPSA) is 61.4 Å². The van der Waals surface area contributed by atoms with E-state index in [2.05, 4.69) is 27.7 Å². The molecule has 6 heteroatoms. The number of rotatable bonds is 6. The molecule has 2 aromatic rings. The minimum Gasteiger partial charge on any atom is -0.372 e. The van der Waals surface area contributed by atoms with Crippen molar-refractivity contribution in [1.29, 1.82) is 0 Å². The summed E-state index contributed by atoms with van der Waals surface area (Å²) in [6.45, 7) is 3.71. The highest BCUT2D eigenvalue weighted by atomic mass is 32.2. The number of carbonyl (C=O) groups excluding carboxylic acids is 2. The predicted molar refractivity (Wildman–Crippen MR) is 117 cm³/mol. The fourth-order valence-corrected chi connectivity index (χ4v) is 3.97. The third-order valence-corrected chi connectivity index (χ3v) is 5.68. The Morgan fingerprint density at radius 2 is 1.43 bits per heavy atom. The van der Waals surface area contributed by atoms with Gasteiger partial charge < -0.3 is 15.5 Å². The molecular formula is C22H27N3O2S. The van der Waals surface area contributed by atoms with Gasteiger partial charge in [0.05, 0.1) is 5.75 Å². The van der Waals surface area contributed by atoms with E-state index in [1.807, 2.05) is 36.4 Å². The number of thioether (sulfide) groups is 1. The van der Waals surface area contributed by atoms with E-state index in [9.17, 15) is 9.59 Å². The summed E-state index contributed by atoms with van der Waals surface area (Å²) < 4.78 is 0. The highest BCUT2D eigenvalue weighted by Crippen LogP contribution is 2.23. The monoisotopic (exact) mass is 397 g/mol. The number of nitrogens with one attached hydrogen (secondary N) is 2. The molecule has 28 heavy (non-hydrogen) atoms. The van der Waals surface area contributed by atoms with Gasteiger partial charge in [-0.3, -0.25) is 9.59 Å². The van der Waals surface area contributed by atoms with Gasteiger partial charge >= 0.3 is 0 Å². The standard InChI is InChI=1S/C22H27N3O2S/c1-17(26)23-18-8-12-21(13-9-18)28-16-22(27)24-19-6-10-20(11-7-19)25-14-4-2-3-5-15-25/h6-13H,2-5,14-16H2,1H3,(H,23,26)(H,24,27). The Morgan fingerprint density at radius 3 is 2.04 bits per heavy atom. The number of anilines is 3.